The monoisotopic (exact) mass is 2300 g/mol. The number of nitrogens with two attached hydrogens (primary N) is 1. The number of ketones is 1. The number of unbranched alkanes of at least 4 members (excludes halogenated alkanes) is 3. The van der Waals surface area contributed by atoms with Crippen molar-refractivity contribution in [1.82, 2.24) is 49.8 Å². The summed E-state index contributed by atoms with van der Waals surface area (Å²) in [5.41, 5.74) is -1.38. The number of hydrogen-bond acceptors (Lipinski definition) is 37. The fourth-order valence-electron chi connectivity index (χ4n) is 9.55. The van der Waals surface area contributed by atoms with Gasteiger partial charge >= 0.3 is 210 Å². The second-order valence-corrected chi connectivity index (χ2v) is 55.1. The standard InChI is InChI=1S/C18H27N3O5.C16H25N3O5.C16H23N3O5.C14H20BrN3O4.C10H18O5.C4H4BrN3.C4H7O.3C4H9.CH4O.2CH4.B.ClH.Na.Sn.H/c1-9-24-12(2)13-10-19-14(20-11-13)21(15(22)25-17(3,4)5)16(23)26-18(6,7)8;2*1-10(20)11-8-17-12(18-9-11)19(13(21)23-15(2,3)4)14(22)24-16(5,6)7;1-13(2,3)21-11(19)18(12(20)22-14(4,5)6)10-16-7-9(15)8-17-10;1-9(2,3)14-7(11)13-8(12)15-10(4,5)6;5-3-1-7-4(6)8-2-3;1-3-5-4-2;3*1-3-4-2;1-2;;;;;;;/h10-11H,2,9H2,1,3-8H3;8-10,20H,1-7H3;8-9H,1-7H3;7-8H,1-6H3;1-6H3;1-2H,(H2,6,7,8);1,4H2,2H3;3*1,3-4H2,2H3;2H,1H3;2*1H4;;1H;;;/q;;;;;;;;;;;;;;;+1;;-1. The van der Waals surface area contributed by atoms with Gasteiger partial charge in [-0.15, -0.1) is 32.0 Å². The van der Waals surface area contributed by atoms with Crippen LogP contribution in [-0.4, -0.2) is 230 Å². The van der Waals surface area contributed by atoms with E-state index < -0.39 is 142 Å². The van der Waals surface area contributed by atoms with Crippen molar-refractivity contribution in [1.29, 1.82) is 0 Å². The number of halogens is 3. The van der Waals surface area contributed by atoms with Crippen molar-refractivity contribution in [3.8, 4) is 0 Å². The van der Waals surface area contributed by atoms with E-state index in [4.69, 9.17) is 67.7 Å². The van der Waals surface area contributed by atoms with Gasteiger partial charge in [-0.25, -0.2) is 97.8 Å². The van der Waals surface area contributed by atoms with E-state index in [9.17, 15) is 57.8 Å². The van der Waals surface area contributed by atoms with Gasteiger partial charge in [0.05, 0.1) is 32.8 Å². The molecule has 0 fully saturated rings. The van der Waals surface area contributed by atoms with Crippen LogP contribution in [0.25, 0.3) is 5.76 Å². The van der Waals surface area contributed by atoms with Crippen LogP contribution in [-0.2, 0) is 61.6 Å². The van der Waals surface area contributed by atoms with Crippen LogP contribution in [0.1, 0.15) is 339 Å². The molecule has 0 aliphatic heterocycles. The number of nitrogen functional groups attached to an aromatic ring is 1. The summed E-state index contributed by atoms with van der Waals surface area (Å²) < 4.78 is 73.9. The van der Waals surface area contributed by atoms with Gasteiger partial charge in [0.25, 0.3) is 0 Å². The summed E-state index contributed by atoms with van der Waals surface area (Å²) in [5, 5.41) is 16.5. The molecule has 0 saturated heterocycles. The molecule has 1 atom stereocenters. The van der Waals surface area contributed by atoms with Gasteiger partial charge in [-0.1, -0.05) is 21.4 Å². The van der Waals surface area contributed by atoms with Crippen molar-refractivity contribution >= 4 is 173 Å². The predicted molar refractivity (Wildman–Crippen MR) is 566 cm³/mol. The van der Waals surface area contributed by atoms with Gasteiger partial charge in [-0.05, 0) is 260 Å². The Morgan fingerprint density at radius 2 is 0.576 bits per heavy atom. The minimum atomic E-state index is -2.24. The van der Waals surface area contributed by atoms with Crippen LogP contribution in [0.5, 0.6) is 0 Å². The van der Waals surface area contributed by atoms with Gasteiger partial charge in [-0.2, -0.15) is 0 Å². The van der Waals surface area contributed by atoms with Crippen LogP contribution < -0.4 is 54.9 Å². The molecule has 5 aromatic heterocycles. The number of Topliss-reactive ketones (excluding diaryl/α,β-unsaturated/α-hetero) is 1. The smallest absolute Gasteiger partial charge is 1.00 e. The van der Waals surface area contributed by atoms with Crippen LogP contribution in [0, 0.1) is 0 Å². The number of rotatable bonds is 21. The van der Waals surface area contributed by atoms with Crippen LogP contribution in [0.15, 0.2) is 87.8 Å². The summed E-state index contributed by atoms with van der Waals surface area (Å²) in [6.45, 7) is 73.5. The summed E-state index contributed by atoms with van der Waals surface area (Å²) in [5.74, 6) is -0.254. The minimum absolute atomic E-state index is 0. The molecule has 144 heavy (non-hydrogen) atoms. The van der Waals surface area contributed by atoms with E-state index in [-0.39, 0.29) is 102 Å². The molecule has 4 N–H and O–H groups in total. The number of anilines is 5. The third-order valence-corrected chi connectivity index (χ3v) is 30.8. The number of imide groups is 4. The molecule has 5 heterocycles. The zero-order valence-electron chi connectivity index (χ0n) is 91.8. The second-order valence-electron chi connectivity index (χ2n) is 40.1. The van der Waals surface area contributed by atoms with Crippen molar-refractivity contribution in [3.05, 3.63) is 105 Å². The molecule has 0 spiro atoms. The van der Waals surface area contributed by atoms with Crippen molar-refractivity contribution in [2.45, 2.75) is 385 Å². The Labute approximate surface area is 907 Å². The third kappa shape index (κ3) is 69.7. The Bertz CT molecular complexity index is 4500. The molecule has 8 amide bonds. The van der Waals surface area contributed by atoms with E-state index in [0.29, 0.717) is 53.5 Å². The molecule has 0 saturated carbocycles. The van der Waals surface area contributed by atoms with Gasteiger partial charge in [-0.3, -0.25) is 4.79 Å². The van der Waals surface area contributed by atoms with Gasteiger partial charge < -0.3 is 74.2 Å². The third-order valence-electron chi connectivity index (χ3n) is 15.0. The molecule has 5 aromatic rings. The first-order chi connectivity index (χ1) is 63.3. The van der Waals surface area contributed by atoms with Crippen LogP contribution in [0.2, 0.25) is 13.3 Å². The second kappa shape index (κ2) is 69.0. The molecule has 813 valence electrons. The molecule has 3 radical (unpaired) electrons. The summed E-state index contributed by atoms with van der Waals surface area (Å²) in [6, 6.07) is 0. The average Bonchev–Trinajstić information content (AvgIpc) is 0.823. The quantitative estimate of drug-likeness (QED) is 0.0153. The number of aliphatic hydroxyl groups is 2. The van der Waals surface area contributed by atoms with Crippen LogP contribution in [0.3, 0.4) is 0 Å². The van der Waals surface area contributed by atoms with E-state index >= 15 is 0 Å². The number of carbonyl (C=O) groups excluding carboxylic acids is 11. The van der Waals surface area contributed by atoms with Gasteiger partial charge in [0.2, 0.25) is 29.7 Å². The maximum Gasteiger partial charge on any atom is 1.00 e. The Balaban J connectivity index is -0.000000214. The summed E-state index contributed by atoms with van der Waals surface area (Å²) in [4.78, 5) is 174. The SMILES string of the molecule is C.C.C=C(OCC)c1cnc(N(C(=O)OC(C)(C)C)C(=O)OC(C)(C)C)nc1.C=[C](OCC)[Sn]([CH2]CCC)([CH2]CCC)[CH2]CCC.CC(=O)c1cnc(N(C(=O)OC(C)(C)C)C(=O)OC(C)(C)C)nc1.CC(C)(C)OC(=O)N(C(=O)OC(C)(C)C)c1ncc(Br)cn1.CC(C)(C)OC(=O)OC(=O)OC(C)(C)C.CC(O)c1cnc(N(C(=O)OC(C)(C)C)C(=O)OC(C)(C)C)nc1.CO.Cl.Nc1ncc(Br)cn1.[B].[H-].[Na+]. The first-order valence-corrected chi connectivity index (χ1v) is 54.0. The maximum absolute atomic E-state index is 12.5. The molecule has 41 nitrogen and oxygen atoms in total. The summed E-state index contributed by atoms with van der Waals surface area (Å²) in [6.07, 6.45) is 11.7. The first-order valence-electron chi connectivity index (χ1n) is 44.9. The zero-order valence-corrected chi connectivity index (χ0v) is 99.7. The van der Waals surface area contributed by atoms with Crippen LogP contribution >= 0.6 is 44.3 Å². The van der Waals surface area contributed by atoms with E-state index in [1.54, 1.807) is 227 Å². The van der Waals surface area contributed by atoms with E-state index in [2.05, 4.69) is 127 Å². The van der Waals surface area contributed by atoms with Crippen molar-refractivity contribution in [2.24, 2.45) is 0 Å². The number of carbonyl (C=O) groups is 11. The van der Waals surface area contributed by atoms with Crippen molar-refractivity contribution < 1.29 is 156 Å². The van der Waals surface area contributed by atoms with Gasteiger partial charge in [0.15, 0.2) is 5.78 Å². The fraction of sp³-hybridized carbons (Fsp3) is 0.639. The topological polar surface area (TPSA) is 516 Å². The Morgan fingerprint density at radius 1 is 0.375 bits per heavy atom. The predicted octanol–water partition coefficient (Wildman–Crippen LogP) is 22.3. The van der Waals surface area contributed by atoms with Crippen LogP contribution in [0.4, 0.5) is 77.7 Å². The normalized spacial score (nSPS) is 11.2. The largest absolute Gasteiger partial charge is 1.00 e. The minimum Gasteiger partial charge on any atom is -1.00 e. The van der Waals surface area contributed by atoms with E-state index in [1.165, 1.54) is 112 Å². The molecular formula is C97H165BBr2ClN15NaO26Sn. The number of aliphatic hydroxyl groups excluding tert-OH is 2. The molecule has 0 aromatic carbocycles. The van der Waals surface area contributed by atoms with E-state index in [1.807, 2.05) is 6.92 Å². The Kier molecular flexibility index (Phi) is 71.9. The number of amides is 8. The first kappa shape index (κ1) is 150. The molecule has 47 heteroatoms. The number of hydrogen-bond donors (Lipinski definition) is 3. The summed E-state index contributed by atoms with van der Waals surface area (Å²) in [7, 11) is 1.00. The number of nitrogens with zero attached hydrogens (tertiary/aromatic N) is 14. The van der Waals surface area contributed by atoms with E-state index in [0.717, 1.165) is 18.2 Å². The average molecular weight is 2310 g/mol. The van der Waals surface area contributed by atoms with Crippen molar-refractivity contribution in [3.63, 3.8) is 0 Å². The Morgan fingerprint density at radius 3 is 0.764 bits per heavy atom. The summed E-state index contributed by atoms with van der Waals surface area (Å²) >= 11 is 4.11. The molecule has 0 bridgehead atoms. The van der Waals surface area contributed by atoms with Gasteiger partial charge in [0.1, 0.15) is 61.8 Å². The zero-order chi connectivity index (χ0) is 109. The number of ether oxygens (including phenoxy) is 13. The Hall–Kier alpha value is -9.32. The maximum atomic E-state index is 12.5. The number of aromatic nitrogens is 10. The molecule has 1 unspecified atom stereocenters. The molecule has 0 aliphatic rings. The molecule has 0 aliphatic carbocycles. The molecule has 5 rings (SSSR count). The fourth-order valence-corrected chi connectivity index (χ4v) is 24.6. The molecular weight excluding hydrogens is 2140 g/mol. The van der Waals surface area contributed by atoms with Crippen molar-refractivity contribution in [2.75, 3.05) is 45.7 Å². The van der Waals surface area contributed by atoms with Gasteiger partial charge in [0, 0.05) is 83.1 Å².